The first-order chi connectivity index (χ1) is 16.2. The zero-order valence-electron chi connectivity index (χ0n) is 18.3. The van der Waals surface area contributed by atoms with Crippen molar-refractivity contribution in [2.45, 2.75) is 37.7 Å². The lowest BCUT2D eigenvalue weighted by Gasteiger charge is -2.06. The topological polar surface area (TPSA) is 95.7 Å². The standard InChI is InChI=1S/C24H22N6O2S/c1-3-30-19(14-17-10-6-4-7-11-17)25-28-24(30)33-15-20-26-27-23(31-20)21-16(2)32-29-22(21)18-12-8-5-9-13-18/h4-13H,3,14-15H2,1-2H3. The highest BCUT2D eigenvalue weighted by Crippen LogP contribution is 2.34. The fraction of sp³-hybridized carbons (Fsp3) is 0.208. The van der Waals surface area contributed by atoms with Crippen molar-refractivity contribution in [1.29, 1.82) is 0 Å². The Labute approximate surface area is 195 Å². The molecule has 0 aliphatic rings. The number of aromatic nitrogens is 6. The number of hydrogen-bond acceptors (Lipinski definition) is 8. The molecule has 0 saturated heterocycles. The van der Waals surface area contributed by atoms with Gasteiger partial charge in [0.25, 0.3) is 5.89 Å². The second kappa shape index (κ2) is 9.41. The van der Waals surface area contributed by atoms with Gasteiger partial charge < -0.3 is 13.5 Å². The first kappa shape index (κ1) is 21.1. The minimum absolute atomic E-state index is 0.393. The van der Waals surface area contributed by atoms with Gasteiger partial charge >= 0.3 is 0 Å². The third-order valence-corrected chi connectivity index (χ3v) is 6.18. The van der Waals surface area contributed by atoms with Crippen LogP contribution in [0.3, 0.4) is 0 Å². The summed E-state index contributed by atoms with van der Waals surface area (Å²) in [7, 11) is 0. The fourth-order valence-corrected chi connectivity index (χ4v) is 4.47. The molecule has 8 nitrogen and oxygen atoms in total. The number of benzene rings is 2. The molecule has 0 bridgehead atoms. The van der Waals surface area contributed by atoms with Crippen LogP contribution in [0.5, 0.6) is 0 Å². The maximum absolute atomic E-state index is 5.97. The highest BCUT2D eigenvalue weighted by Gasteiger charge is 2.22. The van der Waals surface area contributed by atoms with Crippen LogP contribution in [0.4, 0.5) is 0 Å². The van der Waals surface area contributed by atoms with Gasteiger partial charge in [-0.05, 0) is 19.4 Å². The Balaban J connectivity index is 1.33. The maximum Gasteiger partial charge on any atom is 0.253 e. The van der Waals surface area contributed by atoms with Crippen LogP contribution >= 0.6 is 11.8 Å². The molecule has 0 aliphatic heterocycles. The van der Waals surface area contributed by atoms with Crippen molar-refractivity contribution < 1.29 is 8.94 Å². The molecular weight excluding hydrogens is 436 g/mol. The third-order valence-electron chi connectivity index (χ3n) is 5.23. The highest BCUT2D eigenvalue weighted by atomic mass is 32.2. The van der Waals surface area contributed by atoms with E-state index in [4.69, 9.17) is 8.94 Å². The van der Waals surface area contributed by atoms with E-state index >= 15 is 0 Å². The molecule has 0 spiro atoms. The van der Waals surface area contributed by atoms with Gasteiger partial charge in [-0.2, -0.15) is 0 Å². The van der Waals surface area contributed by atoms with Crippen molar-refractivity contribution >= 4 is 11.8 Å². The smallest absolute Gasteiger partial charge is 0.253 e. The summed E-state index contributed by atoms with van der Waals surface area (Å²) in [6.07, 6.45) is 0.738. The molecule has 0 amide bonds. The van der Waals surface area contributed by atoms with Crippen molar-refractivity contribution in [3.8, 4) is 22.7 Å². The van der Waals surface area contributed by atoms with Crippen molar-refractivity contribution in [1.82, 2.24) is 30.1 Å². The molecule has 5 rings (SSSR count). The van der Waals surface area contributed by atoms with E-state index in [0.29, 0.717) is 34.6 Å². The predicted octanol–water partition coefficient (Wildman–Crippen LogP) is 5.19. The van der Waals surface area contributed by atoms with Gasteiger partial charge in [-0.25, -0.2) is 0 Å². The largest absolute Gasteiger partial charge is 0.420 e. The van der Waals surface area contributed by atoms with Gasteiger partial charge in [0.15, 0.2) is 5.16 Å². The first-order valence-electron chi connectivity index (χ1n) is 10.7. The molecule has 0 aliphatic carbocycles. The van der Waals surface area contributed by atoms with E-state index in [1.165, 1.54) is 17.3 Å². The van der Waals surface area contributed by atoms with Crippen LogP contribution in [-0.2, 0) is 18.7 Å². The first-order valence-corrected chi connectivity index (χ1v) is 11.6. The van der Waals surface area contributed by atoms with Gasteiger partial charge in [0.2, 0.25) is 5.89 Å². The molecule has 3 heterocycles. The van der Waals surface area contributed by atoms with Gasteiger partial charge in [0.1, 0.15) is 22.8 Å². The van der Waals surface area contributed by atoms with Crippen LogP contribution < -0.4 is 0 Å². The third kappa shape index (κ3) is 4.45. The quantitative estimate of drug-likeness (QED) is 0.293. The zero-order chi connectivity index (χ0) is 22.6. The highest BCUT2D eigenvalue weighted by molar-refractivity contribution is 7.98. The molecule has 0 radical (unpaired) electrons. The number of rotatable bonds is 8. The normalized spacial score (nSPS) is 11.2. The summed E-state index contributed by atoms with van der Waals surface area (Å²) in [5, 5.41) is 22.3. The molecule has 2 aromatic carbocycles. The van der Waals surface area contributed by atoms with Crippen LogP contribution in [0.2, 0.25) is 0 Å². The molecule has 0 saturated carbocycles. The van der Waals surface area contributed by atoms with Gasteiger partial charge in [-0.1, -0.05) is 77.6 Å². The fourth-order valence-electron chi connectivity index (χ4n) is 3.61. The minimum Gasteiger partial charge on any atom is -0.420 e. The molecule has 5 aromatic rings. The summed E-state index contributed by atoms with van der Waals surface area (Å²) in [6.45, 7) is 4.71. The Bertz CT molecular complexity index is 1340. The molecule has 3 aromatic heterocycles. The number of hydrogen-bond donors (Lipinski definition) is 0. The number of aryl methyl sites for hydroxylation is 1. The molecule has 0 atom stereocenters. The van der Waals surface area contributed by atoms with Gasteiger partial charge in [-0.3, -0.25) is 0 Å². The van der Waals surface area contributed by atoms with Gasteiger partial charge in [-0.15, -0.1) is 20.4 Å². The van der Waals surface area contributed by atoms with Crippen molar-refractivity contribution in [3.63, 3.8) is 0 Å². The lowest BCUT2D eigenvalue weighted by molar-refractivity contribution is 0.399. The summed E-state index contributed by atoms with van der Waals surface area (Å²) in [5.74, 6) is 2.95. The summed E-state index contributed by atoms with van der Waals surface area (Å²) >= 11 is 1.53. The van der Waals surface area contributed by atoms with E-state index in [2.05, 4.69) is 49.2 Å². The molecule has 166 valence electrons. The maximum atomic E-state index is 5.97. The van der Waals surface area contributed by atoms with E-state index in [1.54, 1.807) is 0 Å². The second-order valence-corrected chi connectivity index (χ2v) is 8.37. The SMILES string of the molecule is CCn1c(Cc2ccccc2)nnc1SCc1nnc(-c2c(-c3ccccc3)noc2C)o1. The summed E-state index contributed by atoms with van der Waals surface area (Å²) in [6, 6.07) is 20.1. The van der Waals surface area contributed by atoms with E-state index in [9.17, 15) is 0 Å². The van der Waals surface area contributed by atoms with Gasteiger partial charge in [0.05, 0.1) is 5.75 Å². The van der Waals surface area contributed by atoms with Crippen molar-refractivity contribution in [3.05, 3.63) is 83.7 Å². The van der Waals surface area contributed by atoms with Crippen molar-refractivity contribution in [2.24, 2.45) is 0 Å². The monoisotopic (exact) mass is 458 g/mol. The summed E-state index contributed by atoms with van der Waals surface area (Å²) in [5.41, 5.74) is 3.54. The minimum atomic E-state index is 0.393. The van der Waals surface area contributed by atoms with Crippen LogP contribution in [0.1, 0.15) is 30.0 Å². The average Bonchev–Trinajstić information content (AvgIpc) is 3.57. The Kier molecular flexibility index (Phi) is 6.03. The lowest BCUT2D eigenvalue weighted by atomic mass is 10.1. The number of thioether (sulfide) groups is 1. The lowest BCUT2D eigenvalue weighted by Crippen LogP contribution is -2.04. The van der Waals surface area contributed by atoms with Crippen LogP contribution in [0.25, 0.3) is 22.7 Å². The summed E-state index contributed by atoms with van der Waals surface area (Å²) in [4.78, 5) is 0. The van der Waals surface area contributed by atoms with E-state index in [-0.39, 0.29) is 0 Å². The molecule has 9 heteroatoms. The predicted molar refractivity (Wildman–Crippen MR) is 124 cm³/mol. The number of nitrogens with zero attached hydrogens (tertiary/aromatic N) is 6. The zero-order valence-corrected chi connectivity index (χ0v) is 19.1. The average molecular weight is 459 g/mol. The summed E-state index contributed by atoms with van der Waals surface area (Å²) < 4.78 is 13.5. The Morgan fingerprint density at radius 1 is 0.909 bits per heavy atom. The van der Waals surface area contributed by atoms with Crippen LogP contribution in [0, 0.1) is 6.92 Å². The Hall–Kier alpha value is -3.72. The molecule has 0 fully saturated rings. The Morgan fingerprint density at radius 3 is 2.42 bits per heavy atom. The Morgan fingerprint density at radius 2 is 1.67 bits per heavy atom. The van der Waals surface area contributed by atoms with E-state index in [0.717, 1.165) is 29.5 Å². The molecular formula is C24H22N6O2S. The van der Waals surface area contributed by atoms with Crippen LogP contribution in [-0.4, -0.2) is 30.1 Å². The van der Waals surface area contributed by atoms with Crippen LogP contribution in [0.15, 0.2) is 74.8 Å². The van der Waals surface area contributed by atoms with E-state index < -0.39 is 0 Å². The van der Waals surface area contributed by atoms with Crippen molar-refractivity contribution in [2.75, 3.05) is 0 Å². The van der Waals surface area contributed by atoms with E-state index in [1.807, 2.05) is 55.5 Å². The molecule has 0 N–H and O–H groups in total. The molecule has 0 unspecified atom stereocenters. The molecule has 33 heavy (non-hydrogen) atoms. The second-order valence-electron chi connectivity index (χ2n) is 7.42. The van der Waals surface area contributed by atoms with Gasteiger partial charge in [0, 0.05) is 18.5 Å².